The van der Waals surface area contributed by atoms with E-state index in [-0.39, 0.29) is 17.7 Å². The third kappa shape index (κ3) is 6.00. The number of ether oxygens (including phenoxy) is 1. The molecule has 3 rings (SSSR count). The zero-order valence-corrected chi connectivity index (χ0v) is 19.1. The number of hydrogen-bond acceptors (Lipinski definition) is 4. The molecule has 0 aromatic heterocycles. The second-order valence-electron chi connectivity index (χ2n) is 8.81. The first-order valence-electron chi connectivity index (χ1n) is 10.8. The Morgan fingerprint density at radius 2 is 1.77 bits per heavy atom. The van der Waals surface area contributed by atoms with Gasteiger partial charge in [0.1, 0.15) is 5.75 Å². The molecular formula is C25H33N3O3. The zero-order chi connectivity index (χ0) is 22.5. The third-order valence-corrected chi connectivity index (χ3v) is 5.35. The van der Waals surface area contributed by atoms with Crippen LogP contribution in [-0.2, 0) is 11.3 Å². The molecule has 166 valence electrons. The lowest BCUT2D eigenvalue weighted by Crippen LogP contribution is -2.34. The predicted octanol–water partition coefficient (Wildman–Crippen LogP) is 4.41. The van der Waals surface area contributed by atoms with Crippen molar-refractivity contribution >= 4 is 23.2 Å². The summed E-state index contributed by atoms with van der Waals surface area (Å²) in [5.74, 6) is 1.25. The number of carbonyl (C=O) groups is 2. The minimum Gasteiger partial charge on any atom is -0.497 e. The second kappa shape index (κ2) is 9.86. The standard InChI is InChI=1S/C25H33N3O3/c1-17(2)15-28(25(30)19-8-11-22(31-5)12-9-19)16-20-14-21(10-13-23(20)27(3)4)26-24(29)18-6-7-18/h8-14,17-18H,6-7,15-16H2,1-5H3,(H,26,29). The van der Waals surface area contributed by atoms with Gasteiger partial charge in [-0.1, -0.05) is 13.8 Å². The summed E-state index contributed by atoms with van der Waals surface area (Å²) in [6.07, 6.45) is 1.93. The van der Waals surface area contributed by atoms with Gasteiger partial charge in [0.05, 0.1) is 7.11 Å². The Kier molecular flexibility index (Phi) is 7.21. The molecule has 0 bridgehead atoms. The number of hydrogen-bond donors (Lipinski definition) is 1. The van der Waals surface area contributed by atoms with Crippen LogP contribution in [0.15, 0.2) is 42.5 Å². The van der Waals surface area contributed by atoms with Gasteiger partial charge in [0.15, 0.2) is 0 Å². The van der Waals surface area contributed by atoms with Crippen LogP contribution in [0.2, 0.25) is 0 Å². The molecule has 0 heterocycles. The fourth-order valence-electron chi connectivity index (χ4n) is 3.60. The van der Waals surface area contributed by atoms with Crippen LogP contribution in [0.5, 0.6) is 5.75 Å². The van der Waals surface area contributed by atoms with Gasteiger partial charge < -0.3 is 19.9 Å². The molecule has 6 heteroatoms. The normalized spacial score (nSPS) is 13.1. The molecule has 1 saturated carbocycles. The fourth-order valence-corrected chi connectivity index (χ4v) is 3.60. The van der Waals surface area contributed by atoms with Gasteiger partial charge in [-0.2, -0.15) is 0 Å². The highest BCUT2D eigenvalue weighted by Gasteiger charge is 2.29. The van der Waals surface area contributed by atoms with E-state index >= 15 is 0 Å². The van der Waals surface area contributed by atoms with Gasteiger partial charge in [-0.3, -0.25) is 9.59 Å². The number of amides is 2. The van der Waals surface area contributed by atoms with Crippen molar-refractivity contribution in [2.24, 2.45) is 11.8 Å². The van der Waals surface area contributed by atoms with E-state index in [1.54, 1.807) is 31.4 Å². The molecular weight excluding hydrogens is 390 g/mol. The van der Waals surface area contributed by atoms with Crippen LogP contribution in [0, 0.1) is 11.8 Å². The molecule has 0 saturated heterocycles. The van der Waals surface area contributed by atoms with Crippen LogP contribution in [0.3, 0.4) is 0 Å². The Bertz CT molecular complexity index is 918. The smallest absolute Gasteiger partial charge is 0.254 e. The Labute approximate surface area is 185 Å². The van der Waals surface area contributed by atoms with Crippen LogP contribution < -0.4 is 15.0 Å². The number of anilines is 2. The molecule has 2 aromatic rings. The van der Waals surface area contributed by atoms with Crippen molar-refractivity contribution in [2.45, 2.75) is 33.2 Å². The average Bonchev–Trinajstić information content (AvgIpc) is 3.58. The summed E-state index contributed by atoms with van der Waals surface area (Å²) in [5.41, 5.74) is 3.44. The van der Waals surface area contributed by atoms with Crippen molar-refractivity contribution in [3.63, 3.8) is 0 Å². The lowest BCUT2D eigenvalue weighted by Gasteiger charge is -2.28. The monoisotopic (exact) mass is 423 g/mol. The first-order chi connectivity index (χ1) is 14.8. The van der Waals surface area contributed by atoms with Crippen molar-refractivity contribution in [2.75, 3.05) is 38.0 Å². The van der Waals surface area contributed by atoms with E-state index in [2.05, 4.69) is 19.2 Å². The highest BCUT2D eigenvalue weighted by Crippen LogP contribution is 2.31. The maximum atomic E-state index is 13.3. The van der Waals surface area contributed by atoms with E-state index in [1.165, 1.54) is 0 Å². The number of rotatable bonds is 9. The predicted molar refractivity (Wildman–Crippen MR) is 125 cm³/mol. The van der Waals surface area contributed by atoms with E-state index < -0.39 is 0 Å². The lowest BCUT2D eigenvalue weighted by molar-refractivity contribution is -0.117. The van der Waals surface area contributed by atoms with Gasteiger partial charge >= 0.3 is 0 Å². The largest absolute Gasteiger partial charge is 0.497 e. The Morgan fingerprint density at radius 3 is 2.32 bits per heavy atom. The van der Waals surface area contributed by atoms with Crippen molar-refractivity contribution < 1.29 is 14.3 Å². The van der Waals surface area contributed by atoms with Crippen LogP contribution in [0.25, 0.3) is 0 Å². The number of methoxy groups -OCH3 is 1. The van der Waals surface area contributed by atoms with Crippen LogP contribution >= 0.6 is 0 Å². The summed E-state index contributed by atoms with van der Waals surface area (Å²) < 4.78 is 5.21. The van der Waals surface area contributed by atoms with Crippen LogP contribution in [0.1, 0.15) is 42.6 Å². The number of carbonyl (C=O) groups excluding carboxylic acids is 2. The van der Waals surface area contributed by atoms with Crippen molar-refractivity contribution in [1.82, 2.24) is 4.90 Å². The summed E-state index contributed by atoms with van der Waals surface area (Å²) >= 11 is 0. The molecule has 0 spiro atoms. The Morgan fingerprint density at radius 1 is 1.10 bits per heavy atom. The molecule has 0 atom stereocenters. The van der Waals surface area contributed by atoms with Crippen LogP contribution in [0.4, 0.5) is 11.4 Å². The summed E-state index contributed by atoms with van der Waals surface area (Å²) in [6.45, 7) is 5.31. The Hall–Kier alpha value is -3.02. The average molecular weight is 424 g/mol. The first-order valence-corrected chi connectivity index (χ1v) is 10.8. The summed E-state index contributed by atoms with van der Waals surface area (Å²) in [4.78, 5) is 29.5. The molecule has 6 nitrogen and oxygen atoms in total. The second-order valence-corrected chi connectivity index (χ2v) is 8.81. The van der Waals surface area contributed by atoms with E-state index in [0.29, 0.717) is 24.6 Å². The fraction of sp³-hybridized carbons (Fsp3) is 0.440. The topological polar surface area (TPSA) is 61.9 Å². The zero-order valence-electron chi connectivity index (χ0n) is 19.1. The van der Waals surface area contributed by atoms with Crippen molar-refractivity contribution in [1.29, 1.82) is 0 Å². The maximum absolute atomic E-state index is 13.3. The summed E-state index contributed by atoms with van der Waals surface area (Å²) in [5, 5.41) is 3.02. The molecule has 2 amide bonds. The molecule has 1 N–H and O–H groups in total. The van der Waals surface area contributed by atoms with E-state index in [4.69, 9.17) is 4.74 Å². The molecule has 0 aliphatic heterocycles. The van der Waals surface area contributed by atoms with E-state index in [9.17, 15) is 9.59 Å². The van der Waals surface area contributed by atoms with Crippen LogP contribution in [-0.4, -0.2) is 44.5 Å². The molecule has 1 fully saturated rings. The highest BCUT2D eigenvalue weighted by atomic mass is 16.5. The minimum atomic E-state index is -0.0199. The Balaban J connectivity index is 1.87. The third-order valence-electron chi connectivity index (χ3n) is 5.35. The lowest BCUT2D eigenvalue weighted by atomic mass is 10.1. The molecule has 0 radical (unpaired) electrons. The maximum Gasteiger partial charge on any atom is 0.254 e. The molecule has 1 aliphatic rings. The van der Waals surface area contributed by atoms with Gasteiger partial charge in [-0.25, -0.2) is 0 Å². The minimum absolute atomic E-state index is 0.0199. The van der Waals surface area contributed by atoms with Gasteiger partial charge in [-0.05, 0) is 66.8 Å². The first kappa shape index (κ1) is 22.7. The quantitative estimate of drug-likeness (QED) is 0.649. The van der Waals surface area contributed by atoms with Gasteiger partial charge in [0.25, 0.3) is 5.91 Å². The molecule has 1 aliphatic carbocycles. The summed E-state index contributed by atoms with van der Waals surface area (Å²) in [7, 11) is 5.58. The van der Waals surface area contributed by atoms with Gasteiger partial charge in [0, 0.05) is 50.0 Å². The van der Waals surface area contributed by atoms with E-state index in [0.717, 1.165) is 35.5 Å². The number of nitrogens with one attached hydrogen (secondary N) is 1. The number of benzene rings is 2. The highest BCUT2D eigenvalue weighted by molar-refractivity contribution is 5.95. The van der Waals surface area contributed by atoms with Gasteiger partial charge in [-0.15, -0.1) is 0 Å². The van der Waals surface area contributed by atoms with Gasteiger partial charge in [0.2, 0.25) is 5.91 Å². The van der Waals surface area contributed by atoms with Crippen molar-refractivity contribution in [3.05, 3.63) is 53.6 Å². The molecule has 2 aromatic carbocycles. The van der Waals surface area contributed by atoms with E-state index in [1.807, 2.05) is 42.1 Å². The molecule has 31 heavy (non-hydrogen) atoms. The molecule has 0 unspecified atom stereocenters. The summed E-state index contributed by atoms with van der Waals surface area (Å²) in [6, 6.07) is 13.1. The number of nitrogens with zero attached hydrogens (tertiary/aromatic N) is 2. The SMILES string of the molecule is COc1ccc(C(=O)N(Cc2cc(NC(=O)C3CC3)ccc2N(C)C)CC(C)C)cc1. The van der Waals surface area contributed by atoms with Crippen molar-refractivity contribution in [3.8, 4) is 5.75 Å².